The first kappa shape index (κ1) is 22.2. The molecule has 2 aromatic rings. The van der Waals surface area contributed by atoms with Crippen LogP contribution in [-0.2, 0) is 9.59 Å². The quantitative estimate of drug-likeness (QED) is 0.630. The number of carboxylic acid groups (broad SMARTS) is 2. The predicted octanol–water partition coefficient (Wildman–Crippen LogP) is 3.27. The van der Waals surface area contributed by atoms with Crippen LogP contribution in [0, 0.1) is 0 Å². The Kier molecular flexibility index (Phi) is 10.8. The SMILES string of the molecule is C=CC(=O)C(=O)C=C.O=C(O)c1ccccc1.O=C(O)c1ccccc1. The van der Waals surface area contributed by atoms with E-state index in [0.29, 0.717) is 11.1 Å². The Balaban J connectivity index is 0.000000362. The van der Waals surface area contributed by atoms with E-state index in [-0.39, 0.29) is 0 Å². The zero-order chi connectivity index (χ0) is 19.9. The summed E-state index contributed by atoms with van der Waals surface area (Å²) >= 11 is 0. The van der Waals surface area contributed by atoms with Crippen molar-refractivity contribution in [3.05, 3.63) is 97.1 Å². The lowest BCUT2D eigenvalue weighted by molar-refractivity contribution is -0.130. The van der Waals surface area contributed by atoms with Gasteiger partial charge in [-0.2, -0.15) is 0 Å². The van der Waals surface area contributed by atoms with Crippen molar-refractivity contribution in [2.24, 2.45) is 0 Å². The van der Waals surface area contributed by atoms with Crippen molar-refractivity contribution in [3.63, 3.8) is 0 Å². The van der Waals surface area contributed by atoms with Gasteiger partial charge in [-0.3, -0.25) is 9.59 Å². The summed E-state index contributed by atoms with van der Waals surface area (Å²) in [5.41, 5.74) is 0.662. The molecule has 0 saturated carbocycles. The van der Waals surface area contributed by atoms with Gasteiger partial charge in [0.05, 0.1) is 11.1 Å². The smallest absolute Gasteiger partial charge is 0.335 e. The maximum absolute atomic E-state index is 10.2. The Morgan fingerprint density at radius 3 is 1.04 bits per heavy atom. The van der Waals surface area contributed by atoms with Gasteiger partial charge in [0, 0.05) is 0 Å². The van der Waals surface area contributed by atoms with Crippen LogP contribution in [0.15, 0.2) is 86.0 Å². The van der Waals surface area contributed by atoms with Crippen LogP contribution in [0.5, 0.6) is 0 Å². The fourth-order valence-electron chi connectivity index (χ4n) is 1.36. The molecular formula is C20H18O6. The third-order valence-corrected chi connectivity index (χ3v) is 2.66. The molecule has 0 bridgehead atoms. The minimum atomic E-state index is -0.879. The largest absolute Gasteiger partial charge is 0.478 e. The van der Waals surface area contributed by atoms with Crippen LogP contribution in [0.4, 0.5) is 0 Å². The molecule has 134 valence electrons. The Bertz CT molecular complexity index is 696. The van der Waals surface area contributed by atoms with E-state index < -0.39 is 23.5 Å². The highest BCUT2D eigenvalue weighted by atomic mass is 16.4. The number of ketones is 2. The molecular weight excluding hydrogens is 336 g/mol. The zero-order valence-corrected chi connectivity index (χ0v) is 13.9. The molecule has 0 saturated heterocycles. The summed E-state index contributed by atoms with van der Waals surface area (Å²) in [6.07, 6.45) is 1.92. The molecule has 0 atom stereocenters. The number of carbonyl (C=O) groups excluding carboxylic acids is 2. The maximum Gasteiger partial charge on any atom is 0.335 e. The lowest BCUT2D eigenvalue weighted by Crippen LogP contribution is -2.05. The summed E-state index contributed by atoms with van der Waals surface area (Å²) in [4.78, 5) is 40.8. The number of allylic oxidation sites excluding steroid dienone is 2. The fourth-order valence-corrected chi connectivity index (χ4v) is 1.36. The van der Waals surface area contributed by atoms with Crippen LogP contribution in [0.25, 0.3) is 0 Å². The van der Waals surface area contributed by atoms with Gasteiger partial charge in [-0.05, 0) is 36.4 Å². The summed E-state index contributed by atoms with van der Waals surface area (Å²) in [7, 11) is 0. The fraction of sp³-hybridized carbons (Fsp3) is 0. The first-order chi connectivity index (χ1) is 12.3. The molecule has 2 N–H and O–H groups in total. The van der Waals surface area contributed by atoms with Crippen LogP contribution in [-0.4, -0.2) is 33.7 Å². The number of carbonyl (C=O) groups is 4. The highest BCUT2D eigenvalue weighted by Crippen LogP contribution is 1.96. The first-order valence-corrected chi connectivity index (χ1v) is 7.23. The number of benzene rings is 2. The molecule has 6 nitrogen and oxygen atoms in total. The minimum absolute atomic E-state index is 0.331. The van der Waals surface area contributed by atoms with Crippen LogP contribution in [0.2, 0.25) is 0 Å². The van der Waals surface area contributed by atoms with E-state index in [9.17, 15) is 19.2 Å². The van der Waals surface area contributed by atoms with Gasteiger partial charge in [0.1, 0.15) is 0 Å². The van der Waals surface area contributed by atoms with E-state index in [1.165, 1.54) is 0 Å². The average Bonchev–Trinajstić information content (AvgIpc) is 2.69. The van der Waals surface area contributed by atoms with E-state index >= 15 is 0 Å². The standard InChI is InChI=1S/2C7H6O2.C6H6O2/c2*8-7(9)6-4-2-1-3-5-6;1-3-5(7)6(8)4-2/h2*1-5H,(H,8,9);3-4H,1-2H2. The van der Waals surface area contributed by atoms with Crippen molar-refractivity contribution in [2.75, 3.05) is 0 Å². The van der Waals surface area contributed by atoms with Crippen LogP contribution >= 0.6 is 0 Å². The molecule has 0 radical (unpaired) electrons. The molecule has 0 aliphatic rings. The topological polar surface area (TPSA) is 109 Å². The van der Waals surface area contributed by atoms with Gasteiger partial charge in [-0.15, -0.1) is 0 Å². The van der Waals surface area contributed by atoms with Gasteiger partial charge in [-0.25, -0.2) is 9.59 Å². The lowest BCUT2D eigenvalue weighted by Gasteiger charge is -1.88. The second-order valence-electron chi connectivity index (χ2n) is 4.48. The van der Waals surface area contributed by atoms with Crippen molar-refractivity contribution >= 4 is 23.5 Å². The molecule has 0 fully saturated rings. The monoisotopic (exact) mass is 354 g/mol. The summed E-state index contributed by atoms with van der Waals surface area (Å²) in [6.45, 7) is 6.22. The Morgan fingerprint density at radius 2 is 0.885 bits per heavy atom. The molecule has 6 heteroatoms. The van der Waals surface area contributed by atoms with Gasteiger partial charge in [0.25, 0.3) is 0 Å². The number of hydrogen-bond acceptors (Lipinski definition) is 4. The average molecular weight is 354 g/mol. The lowest BCUT2D eigenvalue weighted by atomic mass is 10.2. The van der Waals surface area contributed by atoms with E-state index in [2.05, 4.69) is 13.2 Å². The normalized spacial score (nSPS) is 8.46. The predicted molar refractivity (Wildman–Crippen MR) is 97.2 cm³/mol. The third kappa shape index (κ3) is 9.36. The van der Waals surface area contributed by atoms with Crippen molar-refractivity contribution < 1.29 is 29.4 Å². The zero-order valence-electron chi connectivity index (χ0n) is 13.9. The summed E-state index contributed by atoms with van der Waals surface area (Å²) < 4.78 is 0. The molecule has 0 heterocycles. The summed E-state index contributed by atoms with van der Waals surface area (Å²) in [5.74, 6) is -2.98. The molecule has 2 rings (SSSR count). The minimum Gasteiger partial charge on any atom is -0.478 e. The molecule has 26 heavy (non-hydrogen) atoms. The van der Waals surface area contributed by atoms with E-state index in [4.69, 9.17) is 10.2 Å². The van der Waals surface area contributed by atoms with Gasteiger partial charge in [0.15, 0.2) is 0 Å². The molecule has 0 amide bonds. The van der Waals surface area contributed by atoms with Crippen LogP contribution < -0.4 is 0 Å². The highest BCUT2D eigenvalue weighted by molar-refractivity contribution is 6.45. The second-order valence-corrected chi connectivity index (χ2v) is 4.48. The molecule has 0 aromatic heterocycles. The van der Waals surface area contributed by atoms with Gasteiger partial charge < -0.3 is 10.2 Å². The van der Waals surface area contributed by atoms with Crippen LogP contribution in [0.3, 0.4) is 0 Å². The van der Waals surface area contributed by atoms with E-state index in [0.717, 1.165) is 12.2 Å². The van der Waals surface area contributed by atoms with Crippen molar-refractivity contribution in [2.45, 2.75) is 0 Å². The molecule has 2 aromatic carbocycles. The maximum atomic E-state index is 10.2. The third-order valence-electron chi connectivity index (χ3n) is 2.66. The van der Waals surface area contributed by atoms with Gasteiger partial charge in [-0.1, -0.05) is 49.6 Å². The van der Waals surface area contributed by atoms with E-state index in [1.54, 1.807) is 60.7 Å². The highest BCUT2D eigenvalue weighted by Gasteiger charge is 2.01. The molecule has 0 spiro atoms. The second kappa shape index (κ2) is 12.6. The number of hydrogen-bond donors (Lipinski definition) is 2. The van der Waals surface area contributed by atoms with Crippen molar-refractivity contribution in [3.8, 4) is 0 Å². The van der Waals surface area contributed by atoms with Crippen molar-refractivity contribution in [1.82, 2.24) is 0 Å². The molecule has 0 aliphatic heterocycles. The number of carboxylic acids is 2. The summed E-state index contributed by atoms with van der Waals surface area (Å²) in [6, 6.07) is 16.6. The summed E-state index contributed by atoms with van der Waals surface area (Å²) in [5, 5.41) is 16.8. The Hall–Kier alpha value is -3.80. The Morgan fingerprint density at radius 1 is 0.615 bits per heavy atom. The first-order valence-electron chi connectivity index (χ1n) is 7.23. The van der Waals surface area contributed by atoms with E-state index in [1.807, 2.05) is 0 Å². The van der Waals surface area contributed by atoms with Crippen LogP contribution in [0.1, 0.15) is 20.7 Å². The van der Waals surface area contributed by atoms with Gasteiger partial charge >= 0.3 is 11.9 Å². The molecule has 0 unspecified atom stereocenters. The van der Waals surface area contributed by atoms with Gasteiger partial charge in [0.2, 0.25) is 11.6 Å². The van der Waals surface area contributed by atoms with Crippen molar-refractivity contribution in [1.29, 1.82) is 0 Å². The molecule has 0 aliphatic carbocycles. The number of rotatable bonds is 5. The number of aromatic carboxylic acids is 2. The Labute approximate surface area is 150 Å².